The van der Waals surface area contributed by atoms with Crippen LogP contribution in [0.2, 0.25) is 0 Å². The third-order valence-electron chi connectivity index (χ3n) is 14.8. The number of hydrogen-bond donors (Lipinski definition) is 4. The van der Waals surface area contributed by atoms with Crippen molar-refractivity contribution in [2.24, 2.45) is 44.9 Å². The van der Waals surface area contributed by atoms with E-state index in [1.165, 1.54) is 96.2 Å². The van der Waals surface area contributed by atoms with Crippen LogP contribution in [0.25, 0.3) is 0 Å². The van der Waals surface area contributed by atoms with Gasteiger partial charge in [-0.25, -0.2) is 4.98 Å². The Morgan fingerprint density at radius 1 is 0.636 bits per heavy atom. The predicted molar refractivity (Wildman–Crippen MR) is 384 cm³/mol. The normalized spacial score (nSPS) is 14.6. The molecule has 0 aliphatic carbocycles. The summed E-state index contributed by atoms with van der Waals surface area (Å²) < 4.78 is 12.9. The summed E-state index contributed by atoms with van der Waals surface area (Å²) in [6.07, 6.45) is 25.7. The Kier molecular flexibility index (Phi) is 58.2. The van der Waals surface area contributed by atoms with Gasteiger partial charge in [-0.2, -0.15) is 0 Å². The molecule has 0 aromatic carbocycles. The summed E-state index contributed by atoms with van der Waals surface area (Å²) >= 11 is 0. The Labute approximate surface area is 545 Å². The van der Waals surface area contributed by atoms with E-state index in [0.29, 0.717) is 74.3 Å². The van der Waals surface area contributed by atoms with E-state index in [2.05, 4.69) is 195 Å². The van der Waals surface area contributed by atoms with Gasteiger partial charge in [0, 0.05) is 132 Å². The quantitative estimate of drug-likeness (QED) is 0.0280. The highest BCUT2D eigenvalue weighted by molar-refractivity contribution is 5.75. The fourth-order valence-electron chi connectivity index (χ4n) is 8.41. The standard InChI is InChI=1S/C29H57NO4.C9H20N2.C8H18N2.C7H11N.C6H10N2.C5H13N.C4H11N3.C3H9N/c1-25(2)17-13-9-7-11-15-23-33-28(31)19-21-30(27(5)6)22-20-29(32)34-24-16-12-8-10-14-18-26(3)4;1-9(2,3)11-7-5-10(4)6-8-11;1-8(2,3)10-6-4-9-5-7-10;1-6(2)7-3-4-8-5-7;1-6(2)8-4-3-7-5-8;1-5(2)6(3)4;1-3(2)7-4(5)6;1-3(2)4/h25-27H,7-24H2,1-6H3;5-8H2,1-4H3;9H,4-7H2,1-3H3;4-6H,3H2,1-2H3;3-6H,1-2H3;5H,1-4H3;3H,1-2H3,(H4,5,6,7);3H,4H2,1-2H3. The van der Waals surface area contributed by atoms with Crippen molar-refractivity contribution in [1.82, 2.24) is 39.4 Å². The summed E-state index contributed by atoms with van der Waals surface area (Å²) in [4.78, 5) is 47.6. The molecular formula is C71H149N13O4. The maximum atomic E-state index is 12.1. The van der Waals surface area contributed by atoms with Gasteiger partial charge in [0.25, 0.3) is 0 Å². The number of carbonyl (C=O) groups is 2. The summed E-state index contributed by atoms with van der Waals surface area (Å²) in [6, 6.07) is 2.05. The Bertz CT molecular complexity index is 1750. The first-order valence-electron chi connectivity index (χ1n) is 34.6. The van der Waals surface area contributed by atoms with Gasteiger partial charge in [0.15, 0.2) is 5.96 Å². The fourth-order valence-corrected chi connectivity index (χ4v) is 8.41. The first kappa shape index (κ1) is 91.0. The average Bonchev–Trinajstić information content (AvgIpc) is 4.16. The molecule has 3 aliphatic rings. The molecule has 522 valence electrons. The maximum absolute atomic E-state index is 12.1. The number of unbranched alkanes of at least 4 members (excludes halogenated alkanes) is 8. The van der Waals surface area contributed by atoms with Crippen molar-refractivity contribution in [2.45, 2.75) is 290 Å². The van der Waals surface area contributed by atoms with Gasteiger partial charge in [0.1, 0.15) is 0 Å². The molecule has 3 aliphatic heterocycles. The number of likely N-dealkylation sites (N-methyl/N-ethyl adjacent to an activating group) is 1. The highest BCUT2D eigenvalue weighted by Crippen LogP contribution is 2.17. The van der Waals surface area contributed by atoms with Crippen molar-refractivity contribution in [3.05, 3.63) is 30.5 Å². The largest absolute Gasteiger partial charge is 0.466 e. The van der Waals surface area contributed by atoms with Crippen LogP contribution in [0.3, 0.4) is 0 Å². The van der Waals surface area contributed by atoms with Crippen LogP contribution < -0.4 is 22.5 Å². The third-order valence-corrected chi connectivity index (χ3v) is 14.8. The second-order valence-electron chi connectivity index (χ2n) is 28.8. The molecule has 2 fully saturated rings. The molecule has 0 bridgehead atoms. The summed E-state index contributed by atoms with van der Waals surface area (Å²) in [5.41, 5.74) is 17.3. The molecule has 0 saturated carbocycles. The number of allylic oxidation sites excluding steroid dienone is 1. The van der Waals surface area contributed by atoms with E-state index in [4.69, 9.17) is 26.7 Å². The first-order chi connectivity index (χ1) is 40.9. The van der Waals surface area contributed by atoms with Crippen molar-refractivity contribution >= 4 is 24.1 Å². The highest BCUT2D eigenvalue weighted by atomic mass is 16.5. The number of hydrogen-bond acceptors (Lipinski definition) is 14. The van der Waals surface area contributed by atoms with Gasteiger partial charge in [-0.15, -0.1) is 0 Å². The summed E-state index contributed by atoms with van der Waals surface area (Å²) in [5, 5.41) is 3.35. The Balaban J connectivity index is -0.000000526. The molecule has 88 heavy (non-hydrogen) atoms. The van der Waals surface area contributed by atoms with Gasteiger partial charge < -0.3 is 46.4 Å². The minimum atomic E-state index is -0.138. The Morgan fingerprint density at radius 3 is 1.31 bits per heavy atom. The molecular weight excluding hydrogens is 1100 g/mol. The number of nitrogens with two attached hydrogens (primary N) is 3. The molecule has 2 saturated heterocycles. The van der Waals surface area contributed by atoms with Crippen molar-refractivity contribution in [2.75, 3.05) is 99.8 Å². The number of aliphatic imine (C=N–C) groups is 2. The zero-order valence-electron chi connectivity index (χ0n) is 62.5. The van der Waals surface area contributed by atoms with Crippen LogP contribution in [0.15, 0.2) is 40.5 Å². The number of aromatic nitrogens is 2. The second kappa shape index (κ2) is 56.3. The molecule has 0 radical (unpaired) electrons. The molecule has 0 unspecified atom stereocenters. The van der Waals surface area contributed by atoms with Gasteiger partial charge in [-0.1, -0.05) is 120 Å². The van der Waals surface area contributed by atoms with Crippen molar-refractivity contribution in [1.29, 1.82) is 0 Å². The van der Waals surface area contributed by atoms with E-state index in [1.807, 2.05) is 52.6 Å². The lowest BCUT2D eigenvalue weighted by Gasteiger charge is -2.41. The number of esters is 2. The fraction of sp³-hybridized carbons (Fsp3) is 0.873. The number of guanidine groups is 1. The Hall–Kier alpha value is -3.45. The lowest BCUT2D eigenvalue weighted by Crippen LogP contribution is -2.52. The van der Waals surface area contributed by atoms with Crippen LogP contribution in [-0.4, -0.2) is 193 Å². The van der Waals surface area contributed by atoms with Gasteiger partial charge in [-0.3, -0.25) is 34.3 Å². The van der Waals surface area contributed by atoms with Crippen LogP contribution in [0.4, 0.5) is 0 Å². The van der Waals surface area contributed by atoms with Crippen molar-refractivity contribution in [3.8, 4) is 0 Å². The van der Waals surface area contributed by atoms with Crippen molar-refractivity contribution < 1.29 is 19.1 Å². The summed E-state index contributed by atoms with van der Waals surface area (Å²) in [6.45, 7) is 59.5. The van der Waals surface area contributed by atoms with Crippen LogP contribution in [0.1, 0.15) is 255 Å². The van der Waals surface area contributed by atoms with Crippen LogP contribution >= 0.6 is 0 Å². The zero-order valence-corrected chi connectivity index (χ0v) is 62.5. The SMILES string of the molecule is CC(C)(C)N1CCNCC1.CC(C)C1=CN=CC1.CC(C)CCCCCCCOC(=O)CCN(CCC(=O)OCCCCCCCC(C)C)C(C)C.CC(C)N.CC(C)N(C)C.CC(C)N=C(N)N.CC(C)n1ccnc1.CN1CCN(C(C)(C)C)CC1. The monoisotopic (exact) mass is 1250 g/mol. The van der Waals surface area contributed by atoms with E-state index in [0.717, 1.165) is 57.0 Å². The van der Waals surface area contributed by atoms with Gasteiger partial charge in [0.05, 0.1) is 32.4 Å². The molecule has 7 N–H and O–H groups in total. The number of nitrogens with one attached hydrogen (secondary N) is 1. The minimum Gasteiger partial charge on any atom is -0.466 e. The van der Waals surface area contributed by atoms with Gasteiger partial charge in [0.2, 0.25) is 0 Å². The number of nitrogens with zero attached hydrogens (tertiary/aromatic N) is 9. The molecule has 0 atom stereocenters. The second-order valence-corrected chi connectivity index (χ2v) is 28.8. The van der Waals surface area contributed by atoms with Gasteiger partial charge >= 0.3 is 11.9 Å². The van der Waals surface area contributed by atoms with Crippen LogP contribution in [0.5, 0.6) is 0 Å². The Morgan fingerprint density at radius 2 is 1.05 bits per heavy atom. The van der Waals surface area contributed by atoms with E-state index < -0.39 is 0 Å². The number of carbonyl (C=O) groups excluding carboxylic acids is 2. The number of ether oxygens (including phenoxy) is 2. The van der Waals surface area contributed by atoms with Crippen LogP contribution in [0, 0.1) is 17.8 Å². The first-order valence-corrected chi connectivity index (χ1v) is 34.6. The molecule has 1 aromatic heterocycles. The van der Waals surface area contributed by atoms with E-state index in [9.17, 15) is 9.59 Å². The molecule has 4 heterocycles. The topological polar surface area (TPSA) is 201 Å². The molecule has 1 aromatic rings. The molecule has 17 heteroatoms. The summed E-state index contributed by atoms with van der Waals surface area (Å²) in [7, 11) is 6.34. The molecule has 0 amide bonds. The molecule has 0 spiro atoms. The smallest absolute Gasteiger partial charge is 0.307 e. The minimum absolute atomic E-state index is 0.138. The van der Waals surface area contributed by atoms with Crippen molar-refractivity contribution in [3.63, 3.8) is 0 Å². The number of imidazole rings is 1. The predicted octanol–water partition coefficient (Wildman–Crippen LogP) is 13.7. The molecule has 4 rings (SSSR count). The zero-order chi connectivity index (χ0) is 68.3. The van der Waals surface area contributed by atoms with E-state index >= 15 is 0 Å². The maximum Gasteiger partial charge on any atom is 0.307 e. The van der Waals surface area contributed by atoms with E-state index in [1.54, 1.807) is 6.20 Å². The average molecular weight is 1250 g/mol. The lowest BCUT2D eigenvalue weighted by atomic mass is 10.0. The lowest BCUT2D eigenvalue weighted by molar-refractivity contribution is -0.144. The van der Waals surface area contributed by atoms with Crippen LogP contribution in [-0.2, 0) is 19.1 Å². The summed E-state index contributed by atoms with van der Waals surface area (Å²) in [5.74, 6) is 2.14. The third kappa shape index (κ3) is 64.1. The van der Waals surface area contributed by atoms with Gasteiger partial charge in [-0.05, 0) is 160 Å². The molecule has 17 nitrogen and oxygen atoms in total. The van der Waals surface area contributed by atoms with E-state index in [-0.39, 0.29) is 30.0 Å². The number of piperazine rings is 2. The highest BCUT2D eigenvalue weighted by Gasteiger charge is 2.24. The number of rotatable bonds is 27.